The monoisotopic (exact) mass is 601 g/mol. The smallest absolute Gasteiger partial charge is 0.410 e. The van der Waals surface area contributed by atoms with Crippen LogP contribution in [0.1, 0.15) is 39.7 Å². The number of methoxy groups -OCH3 is 1. The Bertz CT molecular complexity index is 1450. The summed E-state index contributed by atoms with van der Waals surface area (Å²) in [6.45, 7) is 10.3. The largest absolute Gasteiger partial charge is 0.493 e. The first kappa shape index (κ1) is 32.5. The predicted octanol–water partition coefficient (Wildman–Crippen LogP) is 6.08. The molecule has 1 atom stereocenters. The second kappa shape index (κ2) is 14.4. The van der Waals surface area contributed by atoms with Crippen molar-refractivity contribution in [3.05, 3.63) is 78.4 Å². The minimum absolute atomic E-state index is 0.0161. The second-order valence-electron chi connectivity index (χ2n) is 11.8. The Morgan fingerprint density at radius 3 is 2.36 bits per heavy atom. The summed E-state index contributed by atoms with van der Waals surface area (Å²) in [5, 5.41) is 0. The minimum atomic E-state index is -0.984. The topological polar surface area (TPSA) is 88.6 Å². The van der Waals surface area contributed by atoms with Crippen LogP contribution in [0.5, 0.6) is 5.75 Å². The van der Waals surface area contributed by atoms with Crippen LogP contribution in [0.15, 0.2) is 72.8 Å². The lowest BCUT2D eigenvalue weighted by Crippen LogP contribution is -2.63. The van der Waals surface area contributed by atoms with Gasteiger partial charge in [0.25, 0.3) is 5.91 Å². The van der Waals surface area contributed by atoms with E-state index in [9.17, 15) is 14.4 Å². The van der Waals surface area contributed by atoms with E-state index in [1.165, 1.54) is 9.80 Å². The van der Waals surface area contributed by atoms with E-state index in [0.29, 0.717) is 36.9 Å². The highest BCUT2D eigenvalue weighted by Crippen LogP contribution is 2.31. The van der Waals surface area contributed by atoms with Crippen LogP contribution in [0.25, 0.3) is 11.1 Å². The molecule has 0 N–H and O–H groups in total. The lowest BCUT2D eigenvalue weighted by atomic mass is 10.0. The molecular formula is C35H43N3O6. The van der Waals surface area contributed by atoms with E-state index in [2.05, 4.69) is 0 Å². The Morgan fingerprint density at radius 1 is 0.955 bits per heavy atom. The third kappa shape index (κ3) is 7.96. The maximum absolute atomic E-state index is 14.5. The van der Waals surface area contributed by atoms with Gasteiger partial charge in [0.05, 0.1) is 13.2 Å². The van der Waals surface area contributed by atoms with E-state index < -0.39 is 17.7 Å². The van der Waals surface area contributed by atoms with Crippen molar-refractivity contribution in [3.63, 3.8) is 0 Å². The third-order valence-electron chi connectivity index (χ3n) is 7.28. The minimum Gasteiger partial charge on any atom is -0.493 e. The zero-order valence-corrected chi connectivity index (χ0v) is 26.5. The molecule has 3 aromatic carbocycles. The SMILES string of the molecule is CCN(C(=O)C1CN(C(=O)OC(C)(C)C)CC(=O)N1c1cccc(-c2ccccc2)c1)c1ccc(C)c(OCCCOC)c1. The number of ether oxygens (including phenoxy) is 3. The summed E-state index contributed by atoms with van der Waals surface area (Å²) >= 11 is 0. The standard InChI is InChI=1S/C35H43N3O6/c1-7-37(28-18-17-25(2)31(22-28)43-20-12-19-42-6)33(40)30-23-36(34(41)44-35(3,4)5)24-32(39)38(30)29-16-11-15-27(21-29)26-13-9-8-10-14-26/h8-11,13-18,21-22,30H,7,12,19-20,23-24H2,1-6H3. The maximum atomic E-state index is 14.5. The Hall–Kier alpha value is -4.37. The molecule has 0 aromatic heterocycles. The molecule has 44 heavy (non-hydrogen) atoms. The summed E-state index contributed by atoms with van der Waals surface area (Å²) in [4.78, 5) is 45.9. The lowest BCUT2D eigenvalue weighted by Gasteiger charge is -2.42. The van der Waals surface area contributed by atoms with Crippen molar-refractivity contribution in [2.24, 2.45) is 0 Å². The first-order valence-electron chi connectivity index (χ1n) is 15.0. The van der Waals surface area contributed by atoms with Gasteiger partial charge in [0.2, 0.25) is 5.91 Å². The zero-order chi connectivity index (χ0) is 31.9. The van der Waals surface area contributed by atoms with E-state index in [1.54, 1.807) is 32.8 Å². The quantitative estimate of drug-likeness (QED) is 0.262. The van der Waals surface area contributed by atoms with Crippen molar-refractivity contribution in [1.29, 1.82) is 0 Å². The van der Waals surface area contributed by atoms with E-state index >= 15 is 0 Å². The number of piperazine rings is 1. The van der Waals surface area contributed by atoms with Crippen LogP contribution < -0.4 is 14.5 Å². The summed E-state index contributed by atoms with van der Waals surface area (Å²) in [7, 11) is 1.65. The molecule has 0 radical (unpaired) electrons. The molecule has 0 bridgehead atoms. The summed E-state index contributed by atoms with van der Waals surface area (Å²) < 4.78 is 16.7. The van der Waals surface area contributed by atoms with Crippen molar-refractivity contribution < 1.29 is 28.6 Å². The molecule has 0 saturated carbocycles. The predicted molar refractivity (Wildman–Crippen MR) is 172 cm³/mol. The molecule has 234 valence electrons. The van der Waals surface area contributed by atoms with E-state index in [0.717, 1.165) is 23.1 Å². The second-order valence-corrected chi connectivity index (χ2v) is 11.8. The van der Waals surface area contributed by atoms with Gasteiger partial charge in [-0.05, 0) is 69.5 Å². The van der Waals surface area contributed by atoms with Gasteiger partial charge in [-0.25, -0.2) is 4.79 Å². The molecule has 3 amide bonds. The number of rotatable bonds is 10. The van der Waals surface area contributed by atoms with Gasteiger partial charge in [0.15, 0.2) is 0 Å². The fraction of sp³-hybridized carbons (Fsp3) is 0.400. The Kier molecular flexibility index (Phi) is 10.7. The first-order valence-corrected chi connectivity index (χ1v) is 15.0. The van der Waals surface area contributed by atoms with Gasteiger partial charge in [0.1, 0.15) is 23.9 Å². The zero-order valence-electron chi connectivity index (χ0n) is 26.5. The average Bonchev–Trinajstić information content (AvgIpc) is 3.00. The van der Waals surface area contributed by atoms with E-state index in [-0.39, 0.29) is 24.9 Å². The number of likely N-dealkylation sites (N-methyl/N-ethyl adjacent to an activating group) is 1. The highest BCUT2D eigenvalue weighted by atomic mass is 16.6. The van der Waals surface area contributed by atoms with Crippen LogP contribution in [0.4, 0.5) is 16.2 Å². The molecule has 9 nitrogen and oxygen atoms in total. The van der Waals surface area contributed by atoms with Crippen LogP contribution in [0.2, 0.25) is 0 Å². The van der Waals surface area contributed by atoms with Gasteiger partial charge in [-0.2, -0.15) is 0 Å². The number of hydrogen-bond acceptors (Lipinski definition) is 6. The molecule has 4 rings (SSSR count). The molecule has 1 aliphatic rings. The summed E-state index contributed by atoms with van der Waals surface area (Å²) in [5.41, 5.74) is 3.32. The number of amides is 3. The van der Waals surface area contributed by atoms with Crippen molar-refractivity contribution in [2.75, 3.05) is 49.8 Å². The van der Waals surface area contributed by atoms with Gasteiger partial charge in [0, 0.05) is 44.1 Å². The van der Waals surface area contributed by atoms with Crippen molar-refractivity contribution in [3.8, 4) is 16.9 Å². The molecule has 0 spiro atoms. The van der Waals surface area contributed by atoms with Crippen LogP contribution in [-0.4, -0.2) is 74.4 Å². The van der Waals surface area contributed by atoms with Crippen molar-refractivity contribution >= 4 is 29.3 Å². The molecule has 1 saturated heterocycles. The Labute approximate surface area is 260 Å². The van der Waals surface area contributed by atoms with Crippen LogP contribution >= 0.6 is 0 Å². The normalized spacial score (nSPS) is 15.2. The van der Waals surface area contributed by atoms with Gasteiger partial charge < -0.3 is 19.1 Å². The van der Waals surface area contributed by atoms with Crippen LogP contribution in [-0.2, 0) is 19.1 Å². The number of anilines is 2. The number of aryl methyl sites for hydroxylation is 1. The van der Waals surface area contributed by atoms with Gasteiger partial charge >= 0.3 is 6.09 Å². The van der Waals surface area contributed by atoms with E-state index in [1.807, 2.05) is 86.6 Å². The number of carbonyl (C=O) groups excluding carboxylic acids is 3. The van der Waals surface area contributed by atoms with Gasteiger partial charge in [-0.3, -0.25) is 19.4 Å². The number of nitrogens with zero attached hydrogens (tertiary/aromatic N) is 3. The highest BCUT2D eigenvalue weighted by Gasteiger charge is 2.42. The Morgan fingerprint density at radius 2 is 1.68 bits per heavy atom. The van der Waals surface area contributed by atoms with E-state index in [4.69, 9.17) is 14.2 Å². The summed E-state index contributed by atoms with van der Waals surface area (Å²) in [6, 6.07) is 22.1. The van der Waals surface area contributed by atoms with Gasteiger partial charge in [-0.1, -0.05) is 48.5 Å². The molecular weight excluding hydrogens is 558 g/mol. The fourth-order valence-corrected chi connectivity index (χ4v) is 5.16. The summed E-state index contributed by atoms with van der Waals surface area (Å²) in [6.07, 6.45) is 0.102. The Balaban J connectivity index is 1.70. The number of benzene rings is 3. The molecule has 1 heterocycles. The van der Waals surface area contributed by atoms with Gasteiger partial charge in [-0.15, -0.1) is 0 Å². The molecule has 1 aliphatic heterocycles. The number of hydrogen-bond donors (Lipinski definition) is 0. The van der Waals surface area contributed by atoms with Crippen LogP contribution in [0.3, 0.4) is 0 Å². The first-order chi connectivity index (χ1) is 21.0. The lowest BCUT2D eigenvalue weighted by molar-refractivity contribution is -0.128. The van der Waals surface area contributed by atoms with Crippen LogP contribution in [0, 0.1) is 6.92 Å². The highest BCUT2D eigenvalue weighted by molar-refractivity contribution is 6.08. The maximum Gasteiger partial charge on any atom is 0.410 e. The molecule has 9 heteroatoms. The summed E-state index contributed by atoms with van der Waals surface area (Å²) in [5.74, 6) is -0.00595. The van der Waals surface area contributed by atoms with Crippen molar-refractivity contribution in [2.45, 2.75) is 52.7 Å². The molecule has 0 aliphatic carbocycles. The number of carbonyl (C=O) groups is 3. The van der Waals surface area contributed by atoms with Crippen molar-refractivity contribution in [1.82, 2.24) is 4.90 Å². The fourth-order valence-electron chi connectivity index (χ4n) is 5.16. The third-order valence-corrected chi connectivity index (χ3v) is 7.28. The average molecular weight is 602 g/mol. The molecule has 3 aromatic rings. The molecule has 1 fully saturated rings. The molecule has 1 unspecified atom stereocenters.